The van der Waals surface area contributed by atoms with Gasteiger partial charge in [0.15, 0.2) is 11.6 Å². The number of aromatic nitrogens is 4. The van der Waals surface area contributed by atoms with Gasteiger partial charge in [0, 0.05) is 46.1 Å². The topological polar surface area (TPSA) is 91.3 Å². The van der Waals surface area contributed by atoms with Gasteiger partial charge in [-0.25, -0.2) is 4.98 Å². The first-order valence-corrected chi connectivity index (χ1v) is 14.9. The Morgan fingerprint density at radius 1 is 0.857 bits per heavy atom. The minimum atomic E-state index is 0.566. The van der Waals surface area contributed by atoms with Gasteiger partial charge in [0.1, 0.15) is 28.5 Å². The van der Waals surface area contributed by atoms with Crippen molar-refractivity contribution in [2.24, 2.45) is 0 Å². The molecule has 0 aliphatic heterocycles. The van der Waals surface area contributed by atoms with Crippen LogP contribution in [0, 0.1) is 0 Å². The van der Waals surface area contributed by atoms with Crippen LogP contribution in [0.1, 0.15) is 0 Å². The van der Waals surface area contributed by atoms with Crippen LogP contribution in [-0.4, -0.2) is 45.9 Å². The van der Waals surface area contributed by atoms with Crippen LogP contribution in [0.15, 0.2) is 91.3 Å². The molecule has 10 heteroatoms. The van der Waals surface area contributed by atoms with Crippen molar-refractivity contribution < 1.29 is 14.2 Å². The van der Waals surface area contributed by atoms with Crippen LogP contribution in [0.25, 0.3) is 33.1 Å². The van der Waals surface area contributed by atoms with Crippen LogP contribution < -0.4 is 19.5 Å². The summed E-state index contributed by atoms with van der Waals surface area (Å²) in [5.74, 6) is 4.07. The number of rotatable bonds is 10. The van der Waals surface area contributed by atoms with Gasteiger partial charge in [0.2, 0.25) is 0 Å². The van der Waals surface area contributed by atoms with Crippen LogP contribution in [0.3, 0.4) is 0 Å². The fraction of sp³-hybridized carbons (Fsp3) is 0.125. The van der Waals surface area contributed by atoms with Crippen molar-refractivity contribution in [1.82, 2.24) is 20.2 Å². The molecule has 6 rings (SSSR count). The van der Waals surface area contributed by atoms with Crippen molar-refractivity contribution in [2.75, 3.05) is 31.0 Å². The number of hydrogen-bond donors (Lipinski definition) is 1. The molecule has 0 aliphatic rings. The molecular formula is C32H26ClN5O3S. The highest BCUT2D eigenvalue weighted by Gasteiger charge is 2.14. The van der Waals surface area contributed by atoms with Crippen molar-refractivity contribution in [3.8, 4) is 34.3 Å². The van der Waals surface area contributed by atoms with E-state index in [4.69, 9.17) is 25.8 Å². The molecule has 210 valence electrons. The molecule has 3 aromatic carbocycles. The summed E-state index contributed by atoms with van der Waals surface area (Å²) in [7, 11) is 1.60. The number of hydrogen-bond acceptors (Lipinski definition) is 9. The molecule has 0 spiro atoms. The summed E-state index contributed by atoms with van der Waals surface area (Å²) in [6.45, 7) is 0.578. The predicted molar refractivity (Wildman–Crippen MR) is 170 cm³/mol. The first-order valence-electron chi connectivity index (χ1n) is 13.1. The second-order valence-corrected chi connectivity index (χ2v) is 10.6. The molecule has 6 aromatic rings. The van der Waals surface area contributed by atoms with Gasteiger partial charge < -0.3 is 19.5 Å². The van der Waals surface area contributed by atoms with Crippen LogP contribution >= 0.6 is 23.4 Å². The summed E-state index contributed by atoms with van der Waals surface area (Å²) in [4.78, 5) is 8.82. The Labute approximate surface area is 252 Å². The number of halogens is 1. The van der Waals surface area contributed by atoms with E-state index in [-0.39, 0.29) is 0 Å². The fourth-order valence-corrected chi connectivity index (χ4v) is 4.88. The Balaban J connectivity index is 1.24. The lowest BCUT2D eigenvalue weighted by atomic mass is 10.0. The number of nitrogens with zero attached hydrogens (tertiary/aromatic N) is 4. The van der Waals surface area contributed by atoms with Gasteiger partial charge >= 0.3 is 0 Å². The summed E-state index contributed by atoms with van der Waals surface area (Å²) < 4.78 is 17.3. The second-order valence-electron chi connectivity index (χ2n) is 9.23. The predicted octanol–water partition coefficient (Wildman–Crippen LogP) is 8.18. The summed E-state index contributed by atoms with van der Waals surface area (Å²) in [6, 6.07) is 25.0. The normalized spacial score (nSPS) is 11.0. The fourth-order valence-electron chi connectivity index (χ4n) is 4.46. The molecule has 0 fully saturated rings. The molecule has 0 saturated carbocycles. The molecule has 3 aromatic heterocycles. The molecular weight excluding hydrogens is 570 g/mol. The molecule has 0 atom stereocenters. The smallest absolute Gasteiger partial charge is 0.161 e. The van der Waals surface area contributed by atoms with Crippen molar-refractivity contribution in [3.63, 3.8) is 0 Å². The van der Waals surface area contributed by atoms with Gasteiger partial charge in [-0.05, 0) is 42.7 Å². The van der Waals surface area contributed by atoms with Crippen LogP contribution in [-0.2, 0) is 0 Å². The van der Waals surface area contributed by atoms with E-state index in [9.17, 15) is 0 Å². The molecule has 42 heavy (non-hydrogen) atoms. The molecule has 0 unspecified atom stereocenters. The Kier molecular flexibility index (Phi) is 8.21. The summed E-state index contributed by atoms with van der Waals surface area (Å²) in [6.07, 6.45) is 5.37. The van der Waals surface area contributed by atoms with Gasteiger partial charge in [-0.15, -0.1) is 10.2 Å². The Bertz CT molecular complexity index is 1870. The highest BCUT2D eigenvalue weighted by molar-refractivity contribution is 7.98. The van der Waals surface area contributed by atoms with Gasteiger partial charge in [0.05, 0.1) is 30.5 Å². The Morgan fingerprint density at radius 3 is 2.50 bits per heavy atom. The number of pyridine rings is 2. The average molecular weight is 596 g/mol. The standard InChI is InChI=1S/C32H26ClN5O3S/c1-39-23-18-27-31(35-19-23)28(13-14-34-27)41-22-10-8-21(9-11-22)36-32-25-6-4-3-5-24(25)30(37-38-32)20-7-12-26(33)29(17-20)40-15-16-42-2/h3-14,17-19H,15-16H2,1-2H3,(H,36,38). The lowest BCUT2D eigenvalue weighted by Crippen LogP contribution is -2.01. The Hall–Kier alpha value is -4.60. The summed E-state index contributed by atoms with van der Waals surface area (Å²) in [5.41, 5.74) is 3.82. The summed E-state index contributed by atoms with van der Waals surface area (Å²) >= 11 is 8.11. The van der Waals surface area contributed by atoms with Crippen molar-refractivity contribution in [1.29, 1.82) is 0 Å². The first kappa shape index (κ1) is 27.6. The van der Waals surface area contributed by atoms with Crippen LogP contribution in [0.5, 0.6) is 23.0 Å². The molecule has 0 radical (unpaired) electrons. The monoisotopic (exact) mass is 595 g/mol. The van der Waals surface area contributed by atoms with Crippen LogP contribution in [0.2, 0.25) is 5.02 Å². The molecule has 0 bridgehead atoms. The zero-order valence-electron chi connectivity index (χ0n) is 22.9. The van der Waals surface area contributed by atoms with E-state index >= 15 is 0 Å². The molecule has 8 nitrogen and oxygen atoms in total. The zero-order valence-corrected chi connectivity index (χ0v) is 24.4. The number of methoxy groups -OCH3 is 1. The molecule has 1 N–H and O–H groups in total. The molecule has 0 aliphatic carbocycles. The zero-order chi connectivity index (χ0) is 28.9. The minimum Gasteiger partial charge on any atom is -0.495 e. The maximum atomic E-state index is 6.39. The van der Waals surface area contributed by atoms with E-state index in [1.54, 1.807) is 37.3 Å². The number of fused-ring (bicyclic) bond motifs is 2. The SMILES string of the molecule is COc1cnc2c(Oc3ccc(Nc4nnc(-c5ccc(Cl)c(OCCSC)c5)c5ccccc45)cc3)ccnc2c1. The minimum absolute atomic E-state index is 0.566. The third-order valence-corrected chi connectivity index (χ3v) is 7.42. The van der Waals surface area contributed by atoms with Gasteiger partial charge in [-0.1, -0.05) is 41.9 Å². The van der Waals surface area contributed by atoms with Crippen LogP contribution in [0.4, 0.5) is 11.5 Å². The maximum absolute atomic E-state index is 6.39. The Morgan fingerprint density at radius 2 is 1.69 bits per heavy atom. The summed E-state index contributed by atoms with van der Waals surface area (Å²) in [5, 5.41) is 15.0. The molecule has 0 saturated heterocycles. The van der Waals surface area contributed by atoms with E-state index < -0.39 is 0 Å². The maximum Gasteiger partial charge on any atom is 0.161 e. The van der Waals surface area contributed by atoms with Gasteiger partial charge in [-0.3, -0.25) is 4.98 Å². The lowest BCUT2D eigenvalue weighted by Gasteiger charge is -2.13. The van der Waals surface area contributed by atoms with Crippen molar-refractivity contribution in [3.05, 3.63) is 96.3 Å². The molecule has 3 heterocycles. The number of benzene rings is 3. The van der Waals surface area contributed by atoms with Crippen molar-refractivity contribution >= 4 is 56.7 Å². The first-order chi connectivity index (χ1) is 20.6. The number of anilines is 2. The number of ether oxygens (including phenoxy) is 3. The molecule has 0 amide bonds. The van der Waals surface area contributed by atoms with E-state index in [1.807, 2.05) is 79.1 Å². The third kappa shape index (κ3) is 5.88. The van der Waals surface area contributed by atoms with Gasteiger partial charge in [-0.2, -0.15) is 11.8 Å². The second kappa shape index (κ2) is 12.5. The highest BCUT2D eigenvalue weighted by Crippen LogP contribution is 2.36. The largest absolute Gasteiger partial charge is 0.495 e. The van der Waals surface area contributed by atoms with E-state index in [1.165, 1.54) is 0 Å². The third-order valence-electron chi connectivity index (χ3n) is 6.53. The van der Waals surface area contributed by atoms with E-state index in [0.29, 0.717) is 51.5 Å². The quantitative estimate of drug-likeness (QED) is 0.157. The number of nitrogens with one attached hydrogen (secondary N) is 1. The van der Waals surface area contributed by atoms with Crippen molar-refractivity contribution in [2.45, 2.75) is 0 Å². The highest BCUT2D eigenvalue weighted by atomic mass is 35.5. The average Bonchev–Trinajstić information content (AvgIpc) is 3.03. The number of thioether (sulfide) groups is 1. The lowest BCUT2D eigenvalue weighted by molar-refractivity contribution is 0.344. The van der Waals surface area contributed by atoms with E-state index in [0.717, 1.165) is 33.5 Å². The van der Waals surface area contributed by atoms with E-state index in [2.05, 4.69) is 25.5 Å². The van der Waals surface area contributed by atoms with Gasteiger partial charge in [0.25, 0.3) is 0 Å².